The van der Waals surface area contributed by atoms with Crippen LogP contribution in [0.25, 0.3) is 105 Å². The van der Waals surface area contributed by atoms with Crippen LogP contribution >= 0.6 is 0 Å². The number of furan rings is 1. The highest BCUT2D eigenvalue weighted by molar-refractivity contribution is 6.13. The first-order valence-electron chi connectivity index (χ1n) is 30.2. The molecule has 0 saturated carbocycles. The number of nitrogens with zero attached hydrogens (tertiary/aromatic N) is 2. The highest BCUT2D eigenvalue weighted by Crippen LogP contribution is 2.63. The normalized spacial score (nSPS) is 14.8. The number of hydrogen-bond acceptors (Lipinski definition) is 2. The van der Waals surface area contributed by atoms with E-state index in [0.29, 0.717) is 0 Å². The Morgan fingerprint density at radius 2 is 0.862 bits per heavy atom. The van der Waals surface area contributed by atoms with Crippen molar-refractivity contribution in [3.8, 4) is 50.2 Å². The first-order chi connectivity index (χ1) is 43.2. The van der Waals surface area contributed by atoms with Crippen molar-refractivity contribution in [3.63, 3.8) is 0 Å². The van der Waals surface area contributed by atoms with E-state index in [4.69, 9.17) is 4.42 Å². The molecule has 3 nitrogen and oxygen atoms in total. The average Bonchev–Trinajstić information content (AvgIpc) is 1.55. The Morgan fingerprint density at radius 3 is 1.69 bits per heavy atom. The number of rotatable bonds is 7. The quantitative estimate of drug-likeness (QED) is 0.159. The monoisotopic (exact) mass is 1100 g/mol. The molecule has 14 aromatic carbocycles. The van der Waals surface area contributed by atoms with Gasteiger partial charge in [-0.1, -0.05) is 255 Å². The number of hydrogen-bond donors (Lipinski definition) is 0. The van der Waals surface area contributed by atoms with E-state index in [2.05, 4.69) is 319 Å². The van der Waals surface area contributed by atoms with Crippen molar-refractivity contribution in [1.82, 2.24) is 4.57 Å². The minimum Gasteiger partial charge on any atom is -0.455 e. The molecule has 1 spiro atoms. The maximum atomic E-state index is 6.60. The van der Waals surface area contributed by atoms with Crippen LogP contribution in [0.15, 0.2) is 320 Å². The number of anilines is 3. The van der Waals surface area contributed by atoms with E-state index in [1.54, 1.807) is 0 Å². The van der Waals surface area contributed by atoms with Gasteiger partial charge in [0.2, 0.25) is 0 Å². The Bertz CT molecular complexity index is 5500. The molecular weight excluding hydrogens is 1050 g/mol. The summed E-state index contributed by atoms with van der Waals surface area (Å²) in [6, 6.07) is 118. The van der Waals surface area contributed by atoms with Crippen molar-refractivity contribution in [3.05, 3.63) is 360 Å². The molecule has 1 atom stereocenters. The van der Waals surface area contributed by atoms with Crippen molar-refractivity contribution in [2.75, 3.05) is 4.90 Å². The van der Waals surface area contributed by atoms with E-state index in [9.17, 15) is 0 Å². The van der Waals surface area contributed by atoms with Crippen LogP contribution in [-0.2, 0) is 10.8 Å². The van der Waals surface area contributed by atoms with Gasteiger partial charge in [0.15, 0.2) is 0 Å². The fraction of sp³-hybridized carbons (Fsp3) is 0.0238. The van der Waals surface area contributed by atoms with Crippen molar-refractivity contribution < 1.29 is 4.42 Å². The number of para-hydroxylation sites is 5. The minimum atomic E-state index is -0.557. The highest BCUT2D eigenvalue weighted by Gasteiger charge is 2.51. The summed E-state index contributed by atoms with van der Waals surface area (Å²) in [4.78, 5) is 2.49. The van der Waals surface area contributed by atoms with Gasteiger partial charge in [0.25, 0.3) is 0 Å². The topological polar surface area (TPSA) is 21.3 Å². The molecule has 0 N–H and O–H groups in total. The van der Waals surface area contributed by atoms with Gasteiger partial charge in [-0.25, -0.2) is 0 Å². The van der Waals surface area contributed by atoms with E-state index in [1.807, 2.05) is 6.07 Å². The average molecular weight is 1110 g/mol. The van der Waals surface area contributed by atoms with Crippen LogP contribution in [0.3, 0.4) is 0 Å². The molecule has 0 bridgehead atoms. The van der Waals surface area contributed by atoms with Crippen LogP contribution in [0.2, 0.25) is 0 Å². The lowest BCUT2D eigenvalue weighted by Gasteiger charge is -2.39. The van der Waals surface area contributed by atoms with Gasteiger partial charge in [-0.3, -0.25) is 0 Å². The van der Waals surface area contributed by atoms with Gasteiger partial charge >= 0.3 is 0 Å². The van der Waals surface area contributed by atoms with E-state index in [-0.39, 0.29) is 0 Å². The summed E-state index contributed by atoms with van der Waals surface area (Å²) in [6.45, 7) is 0. The lowest BCUT2D eigenvalue weighted by Crippen LogP contribution is -2.33. The second-order valence-corrected chi connectivity index (χ2v) is 23.8. The molecule has 0 radical (unpaired) electrons. The molecule has 3 heterocycles. The molecule has 0 fully saturated rings. The molecule has 19 rings (SSSR count). The van der Waals surface area contributed by atoms with Gasteiger partial charge in [-0.05, 0) is 149 Å². The molecule has 0 amide bonds. The van der Waals surface area contributed by atoms with Gasteiger partial charge in [0.1, 0.15) is 11.2 Å². The Labute approximate surface area is 503 Å². The molecular formula is C84H52N2O. The third-order valence-electron chi connectivity index (χ3n) is 19.7. The summed E-state index contributed by atoms with van der Waals surface area (Å²) >= 11 is 0. The maximum Gasteiger partial charge on any atom is 0.143 e. The van der Waals surface area contributed by atoms with Crippen molar-refractivity contribution in [1.29, 1.82) is 0 Å². The number of fused-ring (bicyclic) bond motifs is 19. The maximum absolute atomic E-state index is 6.60. The lowest BCUT2D eigenvalue weighted by atomic mass is 9.65. The Balaban J connectivity index is 0.784. The van der Waals surface area contributed by atoms with Crippen LogP contribution in [-0.4, -0.2) is 4.57 Å². The molecule has 3 aliphatic rings. The zero-order valence-electron chi connectivity index (χ0n) is 47.3. The van der Waals surface area contributed by atoms with Crippen molar-refractivity contribution in [2.24, 2.45) is 0 Å². The first-order valence-corrected chi connectivity index (χ1v) is 30.2. The van der Waals surface area contributed by atoms with E-state index in [1.165, 1.54) is 111 Å². The van der Waals surface area contributed by atoms with Gasteiger partial charge in [-0.2, -0.15) is 0 Å². The van der Waals surface area contributed by atoms with Crippen LogP contribution in [0.1, 0.15) is 44.5 Å². The number of benzene rings is 14. The molecule has 404 valence electrons. The second kappa shape index (κ2) is 18.1. The standard InChI is InChI=1S/C84H52N2O/c1-3-20-58(21-4-1)83(59-22-5-2-6-23-59)71-32-12-8-27-69(71)80-73(83)34-19-38-78(80)85(60-46-42-53(43-47-60)62-28-17-30-68-66-26-10-16-39-79(66)87-82(62)68)61-48-44-55-50-54(40-41-56(55)51-61)57-45-49-64-63-24-7-11-31-70(63)84(75(64)52-57)72-33-13-15-37-77(72)86-76-36-14-9-25-65(76)67-29-18-35-74(84)81(67)86/h1-52H. The first kappa shape index (κ1) is 48.1. The zero-order valence-corrected chi connectivity index (χ0v) is 47.3. The summed E-state index contributed by atoms with van der Waals surface area (Å²) in [5.74, 6) is 0. The highest BCUT2D eigenvalue weighted by atomic mass is 16.3. The molecule has 2 aromatic heterocycles. The largest absolute Gasteiger partial charge is 0.455 e. The molecule has 3 heteroatoms. The third kappa shape index (κ3) is 6.50. The van der Waals surface area contributed by atoms with Crippen molar-refractivity contribution in [2.45, 2.75) is 10.8 Å². The Kier molecular flexibility index (Phi) is 10.0. The van der Waals surface area contributed by atoms with E-state index < -0.39 is 10.8 Å². The van der Waals surface area contributed by atoms with Gasteiger partial charge in [0, 0.05) is 44.0 Å². The smallest absolute Gasteiger partial charge is 0.143 e. The summed E-state index contributed by atoms with van der Waals surface area (Å²) in [5.41, 5.74) is 27.6. The molecule has 1 unspecified atom stereocenters. The summed E-state index contributed by atoms with van der Waals surface area (Å²) in [7, 11) is 0. The summed E-state index contributed by atoms with van der Waals surface area (Å²) in [6.07, 6.45) is 0. The molecule has 87 heavy (non-hydrogen) atoms. The Morgan fingerprint density at radius 1 is 0.310 bits per heavy atom. The van der Waals surface area contributed by atoms with Gasteiger partial charge in [-0.15, -0.1) is 0 Å². The molecule has 0 saturated heterocycles. The summed E-state index contributed by atoms with van der Waals surface area (Å²) < 4.78 is 9.12. The molecule has 1 aliphatic heterocycles. The predicted octanol–water partition coefficient (Wildman–Crippen LogP) is 21.7. The molecule has 16 aromatic rings. The van der Waals surface area contributed by atoms with Gasteiger partial charge in [0.05, 0.1) is 33.2 Å². The third-order valence-corrected chi connectivity index (χ3v) is 19.7. The van der Waals surface area contributed by atoms with Gasteiger partial charge < -0.3 is 13.9 Å². The van der Waals surface area contributed by atoms with Crippen LogP contribution in [0.4, 0.5) is 17.1 Å². The molecule has 2 aliphatic carbocycles. The fourth-order valence-corrected chi connectivity index (χ4v) is 16.1. The minimum absolute atomic E-state index is 0.531. The number of aromatic nitrogens is 1. The second-order valence-electron chi connectivity index (χ2n) is 23.8. The van der Waals surface area contributed by atoms with E-state index in [0.717, 1.165) is 55.5 Å². The lowest BCUT2D eigenvalue weighted by molar-refractivity contribution is 0.670. The van der Waals surface area contributed by atoms with Crippen LogP contribution in [0, 0.1) is 0 Å². The van der Waals surface area contributed by atoms with E-state index >= 15 is 0 Å². The van der Waals surface area contributed by atoms with Crippen molar-refractivity contribution >= 4 is 71.6 Å². The fourth-order valence-electron chi connectivity index (χ4n) is 16.1. The SMILES string of the molecule is c1ccc(C2(c3ccccc3)c3ccccc3-c3c(N(c4ccc(-c5cccc6c5oc5ccccc56)cc4)c4ccc5cc(-c6ccc7c(c6)C6(c8ccccc8-7)c7ccccc7-n7c8ccccc8c8cccc6c87)ccc5c4)cccc32)cc1. The predicted molar refractivity (Wildman–Crippen MR) is 359 cm³/mol. The Hall–Kier alpha value is -11.3. The van der Waals surface area contributed by atoms with Crippen LogP contribution < -0.4 is 4.90 Å². The van der Waals surface area contributed by atoms with Crippen LogP contribution in [0.5, 0.6) is 0 Å². The zero-order chi connectivity index (χ0) is 57.0. The summed E-state index contributed by atoms with van der Waals surface area (Å²) in [5, 5.41) is 7.15.